The fourth-order valence-corrected chi connectivity index (χ4v) is 3.89. The van der Waals surface area contributed by atoms with Gasteiger partial charge in [0.1, 0.15) is 5.82 Å². The predicted molar refractivity (Wildman–Crippen MR) is 109 cm³/mol. The van der Waals surface area contributed by atoms with Crippen molar-refractivity contribution in [2.45, 2.75) is 31.7 Å². The normalized spacial score (nSPS) is 18.9. The highest BCUT2D eigenvalue weighted by Crippen LogP contribution is 2.35. The third-order valence-corrected chi connectivity index (χ3v) is 5.83. The van der Waals surface area contributed by atoms with Crippen LogP contribution in [-0.4, -0.2) is 29.1 Å². The first-order valence-electron chi connectivity index (χ1n) is 9.71. The Balaban J connectivity index is 1.58. The Hall–Kier alpha value is -2.73. The van der Waals surface area contributed by atoms with E-state index in [9.17, 15) is 14.0 Å². The molecule has 150 valence electrons. The van der Waals surface area contributed by atoms with Crippen molar-refractivity contribution in [3.8, 4) is 0 Å². The Bertz CT molecular complexity index is 974. The number of hydrazone groups is 1. The van der Waals surface area contributed by atoms with Gasteiger partial charge in [0, 0.05) is 28.5 Å². The van der Waals surface area contributed by atoms with Crippen LogP contribution in [0.5, 0.6) is 0 Å². The smallest absolute Gasteiger partial charge is 0.262 e. The van der Waals surface area contributed by atoms with Gasteiger partial charge in [-0.15, -0.1) is 0 Å². The number of carbonyl (C=O) groups is 2. The van der Waals surface area contributed by atoms with E-state index in [1.807, 2.05) is 18.2 Å². The van der Waals surface area contributed by atoms with Crippen molar-refractivity contribution in [1.29, 1.82) is 0 Å². The number of halogens is 2. The predicted octanol–water partition coefficient (Wildman–Crippen LogP) is 4.07. The molecule has 1 aliphatic carbocycles. The summed E-state index contributed by atoms with van der Waals surface area (Å²) in [5, 5.41) is 8.96. The molecular weight excluding hydrogens is 393 g/mol. The Morgan fingerprint density at radius 2 is 1.86 bits per heavy atom. The van der Waals surface area contributed by atoms with E-state index < -0.39 is 11.9 Å². The fraction of sp³-hybridized carbons (Fsp3) is 0.318. The molecule has 2 aromatic carbocycles. The maximum atomic E-state index is 14.5. The van der Waals surface area contributed by atoms with E-state index in [1.165, 1.54) is 11.1 Å². The van der Waals surface area contributed by atoms with Crippen LogP contribution < -0.4 is 5.32 Å². The molecule has 0 aromatic heterocycles. The molecule has 5 nitrogen and oxygen atoms in total. The van der Waals surface area contributed by atoms with Gasteiger partial charge in [-0.05, 0) is 25.0 Å². The highest BCUT2D eigenvalue weighted by atomic mass is 35.5. The van der Waals surface area contributed by atoms with Crippen molar-refractivity contribution >= 4 is 29.1 Å². The molecule has 4 rings (SSSR count). The van der Waals surface area contributed by atoms with Gasteiger partial charge in [-0.1, -0.05) is 54.4 Å². The van der Waals surface area contributed by atoms with Gasteiger partial charge in [-0.25, -0.2) is 9.40 Å². The molecule has 2 aliphatic rings. The molecule has 1 saturated carbocycles. The fourth-order valence-electron chi connectivity index (χ4n) is 3.64. The average Bonchev–Trinajstić information content (AvgIpc) is 3.10. The molecule has 1 aliphatic heterocycles. The third-order valence-electron chi connectivity index (χ3n) is 5.50. The molecule has 0 radical (unpaired) electrons. The van der Waals surface area contributed by atoms with E-state index in [0.717, 1.165) is 19.3 Å². The van der Waals surface area contributed by atoms with Gasteiger partial charge in [-0.3, -0.25) is 9.59 Å². The highest BCUT2D eigenvalue weighted by Gasteiger charge is 2.35. The van der Waals surface area contributed by atoms with Crippen molar-refractivity contribution in [2.24, 2.45) is 11.0 Å². The first kappa shape index (κ1) is 19.6. The first-order valence-corrected chi connectivity index (χ1v) is 10.1. The minimum Gasteiger partial charge on any atom is -0.347 e. The maximum Gasteiger partial charge on any atom is 0.262 e. The summed E-state index contributed by atoms with van der Waals surface area (Å²) in [6.07, 6.45) is 3.10. The summed E-state index contributed by atoms with van der Waals surface area (Å²) >= 11 is 6.30. The van der Waals surface area contributed by atoms with E-state index in [4.69, 9.17) is 11.6 Å². The molecule has 29 heavy (non-hydrogen) atoms. The molecule has 1 N–H and O–H groups in total. The number of nitrogens with one attached hydrogen (secondary N) is 1. The number of hydrogen-bond donors (Lipinski definition) is 1. The molecular formula is C22H21ClFN3O2. The van der Waals surface area contributed by atoms with Gasteiger partial charge < -0.3 is 5.32 Å². The summed E-state index contributed by atoms with van der Waals surface area (Å²) in [6.45, 7) is -0.167. The van der Waals surface area contributed by atoms with Gasteiger partial charge in [-0.2, -0.15) is 5.10 Å². The van der Waals surface area contributed by atoms with Crippen LogP contribution >= 0.6 is 11.6 Å². The summed E-state index contributed by atoms with van der Waals surface area (Å²) in [5.41, 5.74) is 1.71. The van der Waals surface area contributed by atoms with E-state index in [1.54, 1.807) is 24.3 Å². The summed E-state index contributed by atoms with van der Waals surface area (Å²) in [5.74, 6) is -0.898. The zero-order valence-electron chi connectivity index (χ0n) is 15.8. The second kappa shape index (κ2) is 8.33. The van der Waals surface area contributed by atoms with Gasteiger partial charge in [0.05, 0.1) is 18.3 Å². The Morgan fingerprint density at radius 1 is 1.14 bits per heavy atom. The number of rotatable bonds is 5. The molecule has 0 saturated heterocycles. The van der Waals surface area contributed by atoms with E-state index in [2.05, 4.69) is 10.4 Å². The second-order valence-corrected chi connectivity index (χ2v) is 7.76. The van der Waals surface area contributed by atoms with Crippen LogP contribution in [0.15, 0.2) is 53.6 Å². The molecule has 0 bridgehead atoms. The van der Waals surface area contributed by atoms with Crippen LogP contribution in [0.3, 0.4) is 0 Å². The van der Waals surface area contributed by atoms with Crippen LogP contribution in [0.2, 0.25) is 5.02 Å². The zero-order valence-corrected chi connectivity index (χ0v) is 16.5. The van der Waals surface area contributed by atoms with E-state index >= 15 is 0 Å². The van der Waals surface area contributed by atoms with Crippen molar-refractivity contribution < 1.29 is 14.0 Å². The van der Waals surface area contributed by atoms with E-state index in [-0.39, 0.29) is 24.3 Å². The Labute approximate surface area is 173 Å². The van der Waals surface area contributed by atoms with Crippen LogP contribution in [-0.2, 0) is 9.59 Å². The lowest BCUT2D eigenvalue weighted by molar-refractivity contribution is -0.136. The van der Waals surface area contributed by atoms with Gasteiger partial charge in [0.15, 0.2) is 0 Å². The third kappa shape index (κ3) is 4.03. The quantitative estimate of drug-likeness (QED) is 0.803. The molecule has 0 unspecified atom stereocenters. The summed E-state index contributed by atoms with van der Waals surface area (Å²) in [4.78, 5) is 25.0. The minimum atomic E-state index is -0.587. The molecule has 2 aromatic rings. The minimum absolute atomic E-state index is 0.00840. The molecule has 1 atom stereocenters. The summed E-state index contributed by atoms with van der Waals surface area (Å²) in [7, 11) is 0. The molecule has 1 heterocycles. The summed E-state index contributed by atoms with van der Waals surface area (Å²) < 4.78 is 14.5. The van der Waals surface area contributed by atoms with Crippen molar-refractivity contribution in [3.63, 3.8) is 0 Å². The standard InChI is InChI=1S/C22H21ClFN3O2/c23-17-10-3-1-8-15(17)19-12-20(16-9-2-4-11-18(16)24)27(26-19)21(28)13-25-22(29)14-6-5-7-14/h1-4,8-11,14,20H,5-7,12-13H2,(H,25,29)/t20-/m1/s1. The molecule has 7 heteroatoms. The number of amides is 2. The number of nitrogens with zero attached hydrogens (tertiary/aromatic N) is 2. The first-order chi connectivity index (χ1) is 14.0. The van der Waals surface area contributed by atoms with Gasteiger partial charge in [0.2, 0.25) is 5.91 Å². The molecule has 1 fully saturated rings. The van der Waals surface area contributed by atoms with Crippen LogP contribution in [0.25, 0.3) is 0 Å². The monoisotopic (exact) mass is 413 g/mol. The SMILES string of the molecule is O=C(NCC(=O)N1N=C(c2ccccc2Cl)C[C@@H]1c1ccccc1F)C1CCC1. The maximum absolute atomic E-state index is 14.5. The number of benzene rings is 2. The van der Waals surface area contributed by atoms with Crippen LogP contribution in [0, 0.1) is 11.7 Å². The summed E-state index contributed by atoms with van der Waals surface area (Å²) in [6, 6.07) is 13.0. The van der Waals surface area contributed by atoms with Crippen molar-refractivity contribution in [1.82, 2.24) is 10.3 Å². The number of hydrogen-bond acceptors (Lipinski definition) is 3. The zero-order chi connectivity index (χ0) is 20.4. The van der Waals surface area contributed by atoms with Crippen molar-refractivity contribution in [2.75, 3.05) is 6.54 Å². The largest absolute Gasteiger partial charge is 0.347 e. The lowest BCUT2D eigenvalue weighted by atomic mass is 9.85. The Kier molecular flexibility index (Phi) is 5.62. The lowest BCUT2D eigenvalue weighted by Crippen LogP contribution is -2.41. The van der Waals surface area contributed by atoms with Gasteiger partial charge >= 0.3 is 0 Å². The highest BCUT2D eigenvalue weighted by molar-refractivity contribution is 6.34. The van der Waals surface area contributed by atoms with Gasteiger partial charge in [0.25, 0.3) is 5.91 Å². The van der Waals surface area contributed by atoms with Crippen LogP contribution in [0.1, 0.15) is 42.9 Å². The molecule has 0 spiro atoms. The average molecular weight is 414 g/mol. The topological polar surface area (TPSA) is 61.8 Å². The van der Waals surface area contributed by atoms with Crippen LogP contribution in [0.4, 0.5) is 4.39 Å². The second-order valence-electron chi connectivity index (χ2n) is 7.35. The number of carbonyl (C=O) groups excluding carboxylic acids is 2. The Morgan fingerprint density at radius 3 is 2.55 bits per heavy atom. The van der Waals surface area contributed by atoms with E-state index in [0.29, 0.717) is 28.3 Å². The lowest BCUT2D eigenvalue weighted by Gasteiger charge is -2.25. The molecule has 2 amide bonds. The van der Waals surface area contributed by atoms with Crippen molar-refractivity contribution in [3.05, 3.63) is 70.5 Å².